The van der Waals surface area contributed by atoms with Crippen molar-refractivity contribution in [3.05, 3.63) is 48.5 Å². The van der Waals surface area contributed by atoms with Crippen LogP contribution in [0.25, 0.3) is 33.5 Å². The maximum absolute atomic E-state index is 5.88. The van der Waals surface area contributed by atoms with Gasteiger partial charge in [0.05, 0.1) is 9.79 Å². The van der Waals surface area contributed by atoms with Gasteiger partial charge in [-0.05, 0) is 24.3 Å². The van der Waals surface area contributed by atoms with Gasteiger partial charge in [-0.2, -0.15) is 0 Å². The number of hydrogen-bond donors (Lipinski definition) is 2. The molecule has 0 atom stereocenters. The quantitative estimate of drug-likeness (QED) is 0.459. The Labute approximate surface area is 126 Å². The highest BCUT2D eigenvalue weighted by Gasteiger charge is 2.20. The molecule has 0 radical (unpaired) electrons. The molecule has 0 amide bonds. The molecule has 2 aromatic heterocycles. The summed E-state index contributed by atoms with van der Waals surface area (Å²) < 4.78 is 11.8. The number of thiol groups is 2. The van der Waals surface area contributed by atoms with Crippen LogP contribution in [0.15, 0.2) is 67.2 Å². The predicted molar refractivity (Wildman–Crippen MR) is 85.9 cm³/mol. The van der Waals surface area contributed by atoms with E-state index in [-0.39, 0.29) is 0 Å². The Morgan fingerprint density at radius 3 is 1.40 bits per heavy atom. The molecule has 0 saturated carbocycles. The van der Waals surface area contributed by atoms with Crippen molar-refractivity contribution in [3.8, 4) is 11.5 Å². The molecule has 4 heteroatoms. The molecule has 0 saturated heterocycles. The van der Waals surface area contributed by atoms with Crippen LogP contribution in [0.5, 0.6) is 0 Å². The average Bonchev–Trinajstić information content (AvgIpc) is 2.98. The largest absolute Gasteiger partial charge is 0.452 e. The van der Waals surface area contributed by atoms with E-state index in [4.69, 9.17) is 8.83 Å². The summed E-state index contributed by atoms with van der Waals surface area (Å²) in [5.74, 6) is 1.24. The lowest BCUT2D eigenvalue weighted by Crippen LogP contribution is -1.72. The van der Waals surface area contributed by atoms with Gasteiger partial charge in [0.15, 0.2) is 11.5 Å². The lowest BCUT2D eigenvalue weighted by atomic mass is 10.2. The van der Waals surface area contributed by atoms with Crippen molar-refractivity contribution in [1.82, 2.24) is 0 Å². The van der Waals surface area contributed by atoms with E-state index in [1.54, 1.807) is 0 Å². The smallest absolute Gasteiger partial charge is 0.185 e. The summed E-state index contributed by atoms with van der Waals surface area (Å²) in [6, 6.07) is 15.6. The molecule has 0 spiro atoms. The van der Waals surface area contributed by atoms with Crippen molar-refractivity contribution in [2.75, 3.05) is 0 Å². The van der Waals surface area contributed by atoms with Crippen molar-refractivity contribution >= 4 is 47.2 Å². The van der Waals surface area contributed by atoms with Gasteiger partial charge in [-0.25, -0.2) is 0 Å². The number of fused-ring (bicyclic) bond motifs is 2. The first-order valence-corrected chi connectivity index (χ1v) is 7.06. The third kappa shape index (κ3) is 1.62. The summed E-state index contributed by atoms with van der Waals surface area (Å²) in [5, 5.41) is 1.94. The van der Waals surface area contributed by atoms with E-state index in [0.29, 0.717) is 11.5 Å². The van der Waals surface area contributed by atoms with E-state index in [0.717, 1.165) is 31.7 Å². The van der Waals surface area contributed by atoms with Gasteiger partial charge in [-0.15, -0.1) is 25.3 Å². The minimum Gasteiger partial charge on any atom is -0.452 e. The van der Waals surface area contributed by atoms with Crippen LogP contribution in [0.3, 0.4) is 0 Å². The Bertz CT molecular complexity index is 856. The minimum absolute atomic E-state index is 0.621. The Hall–Kier alpha value is -1.78. The number of para-hydroxylation sites is 2. The minimum atomic E-state index is 0.621. The van der Waals surface area contributed by atoms with Gasteiger partial charge in [0.2, 0.25) is 0 Å². The number of hydrogen-bond acceptors (Lipinski definition) is 4. The summed E-state index contributed by atoms with van der Waals surface area (Å²) in [5.41, 5.74) is 1.58. The summed E-state index contributed by atoms with van der Waals surface area (Å²) >= 11 is 9.14. The van der Waals surface area contributed by atoms with Gasteiger partial charge in [-0.3, -0.25) is 0 Å². The lowest BCUT2D eigenvalue weighted by Gasteiger charge is -1.94. The molecule has 4 rings (SSSR count). The van der Waals surface area contributed by atoms with Crippen LogP contribution in [0.4, 0.5) is 0 Å². The molecule has 2 heterocycles. The van der Waals surface area contributed by atoms with E-state index < -0.39 is 0 Å². The molecule has 4 aromatic rings. The third-order valence-corrected chi connectivity index (χ3v) is 4.23. The fourth-order valence-electron chi connectivity index (χ4n) is 2.37. The first kappa shape index (κ1) is 12.0. The van der Waals surface area contributed by atoms with Gasteiger partial charge in [0, 0.05) is 10.8 Å². The van der Waals surface area contributed by atoms with Crippen molar-refractivity contribution < 1.29 is 8.83 Å². The summed E-state index contributed by atoms with van der Waals surface area (Å²) in [7, 11) is 0. The molecular formula is C16H10O2S2. The zero-order chi connectivity index (χ0) is 13.7. The van der Waals surface area contributed by atoms with E-state index in [2.05, 4.69) is 25.3 Å². The zero-order valence-electron chi connectivity index (χ0n) is 10.3. The topological polar surface area (TPSA) is 26.3 Å². The first-order valence-electron chi connectivity index (χ1n) is 6.17. The SMILES string of the molecule is Sc1c(-c2oc3ccccc3c2S)oc2ccccc12. The molecule has 0 aliphatic rings. The van der Waals surface area contributed by atoms with Crippen molar-refractivity contribution in [3.63, 3.8) is 0 Å². The number of benzene rings is 2. The first-order chi connectivity index (χ1) is 9.75. The molecule has 2 nitrogen and oxygen atoms in total. The molecule has 20 heavy (non-hydrogen) atoms. The number of rotatable bonds is 1. The van der Waals surface area contributed by atoms with Crippen molar-refractivity contribution in [2.45, 2.75) is 9.79 Å². The van der Waals surface area contributed by atoms with Crippen LogP contribution < -0.4 is 0 Å². The highest BCUT2D eigenvalue weighted by Crippen LogP contribution is 2.42. The van der Waals surface area contributed by atoms with Gasteiger partial charge in [-0.1, -0.05) is 24.3 Å². The van der Waals surface area contributed by atoms with E-state index >= 15 is 0 Å². The second kappa shape index (κ2) is 4.36. The molecule has 0 aliphatic heterocycles. The van der Waals surface area contributed by atoms with E-state index in [1.807, 2.05) is 48.5 Å². The molecule has 0 unspecified atom stereocenters. The number of furan rings is 2. The lowest BCUT2D eigenvalue weighted by molar-refractivity contribution is 0.558. The molecule has 0 fully saturated rings. The van der Waals surface area contributed by atoms with Crippen LogP contribution in [0.1, 0.15) is 0 Å². The fraction of sp³-hybridized carbons (Fsp3) is 0. The molecule has 2 aromatic carbocycles. The van der Waals surface area contributed by atoms with Crippen LogP contribution >= 0.6 is 25.3 Å². The summed E-state index contributed by atoms with van der Waals surface area (Å²) in [6.07, 6.45) is 0. The van der Waals surface area contributed by atoms with E-state index in [9.17, 15) is 0 Å². The molecule has 98 valence electrons. The molecule has 0 aliphatic carbocycles. The summed E-state index contributed by atoms with van der Waals surface area (Å²) in [6.45, 7) is 0. The maximum Gasteiger partial charge on any atom is 0.185 e. The van der Waals surface area contributed by atoms with Gasteiger partial charge >= 0.3 is 0 Å². The van der Waals surface area contributed by atoms with Gasteiger partial charge in [0.25, 0.3) is 0 Å². The normalized spacial score (nSPS) is 11.5. The van der Waals surface area contributed by atoms with Crippen molar-refractivity contribution in [2.24, 2.45) is 0 Å². The maximum atomic E-state index is 5.88. The van der Waals surface area contributed by atoms with Crippen LogP contribution in [0, 0.1) is 0 Å². The Balaban J connectivity index is 2.06. The van der Waals surface area contributed by atoms with Crippen molar-refractivity contribution in [1.29, 1.82) is 0 Å². The second-order valence-electron chi connectivity index (χ2n) is 4.55. The third-order valence-electron chi connectivity index (χ3n) is 3.34. The Morgan fingerprint density at radius 1 is 0.600 bits per heavy atom. The fourth-order valence-corrected chi connectivity index (χ4v) is 3.04. The Kier molecular flexibility index (Phi) is 2.62. The highest BCUT2D eigenvalue weighted by atomic mass is 32.1. The predicted octanol–water partition coefficient (Wildman–Crippen LogP) is 5.42. The molecular weight excluding hydrogens is 288 g/mol. The average molecular weight is 298 g/mol. The van der Waals surface area contributed by atoms with Gasteiger partial charge in [0.1, 0.15) is 11.2 Å². The molecule has 0 bridgehead atoms. The van der Waals surface area contributed by atoms with Crippen LogP contribution in [0.2, 0.25) is 0 Å². The molecule has 0 N–H and O–H groups in total. The summed E-state index contributed by atoms with van der Waals surface area (Å²) in [4.78, 5) is 1.55. The van der Waals surface area contributed by atoms with Crippen LogP contribution in [-0.4, -0.2) is 0 Å². The zero-order valence-corrected chi connectivity index (χ0v) is 12.1. The Morgan fingerprint density at radius 2 is 1.00 bits per heavy atom. The highest BCUT2D eigenvalue weighted by molar-refractivity contribution is 7.81. The standard InChI is InChI=1S/C16H10O2S2/c19-15-9-5-1-3-7-11(9)17-13(15)14-16(20)10-6-2-4-8-12(10)18-14/h1-8,19-20H. The van der Waals surface area contributed by atoms with Gasteiger partial charge < -0.3 is 8.83 Å². The van der Waals surface area contributed by atoms with E-state index in [1.165, 1.54) is 0 Å². The van der Waals surface area contributed by atoms with Crippen LogP contribution in [-0.2, 0) is 0 Å². The second-order valence-corrected chi connectivity index (χ2v) is 5.45. The monoisotopic (exact) mass is 298 g/mol.